The van der Waals surface area contributed by atoms with E-state index >= 15 is 0 Å². The van der Waals surface area contributed by atoms with Crippen LogP contribution in [0.2, 0.25) is 0 Å². The van der Waals surface area contributed by atoms with Crippen molar-refractivity contribution in [1.82, 2.24) is 0 Å². The Morgan fingerprint density at radius 2 is 1.00 bits per heavy atom. The SMILES string of the molecule is Cl[Si](Cl)(Cl)O[Si](Cl)(Cl)[Si](Cl)(Cl)Cl. The monoisotopic (exact) mass is 380 g/mol. The summed E-state index contributed by atoms with van der Waals surface area (Å²) in [5.74, 6) is 0. The van der Waals surface area contributed by atoms with Crippen molar-refractivity contribution in [3.8, 4) is 0 Å². The lowest BCUT2D eigenvalue weighted by molar-refractivity contribution is 0.643. The first-order valence-corrected chi connectivity index (χ1v) is 17.1. The highest BCUT2D eigenvalue weighted by molar-refractivity contribution is 8.01. The lowest BCUT2D eigenvalue weighted by Gasteiger charge is -2.25. The van der Waals surface area contributed by atoms with Crippen molar-refractivity contribution < 1.29 is 4.12 Å². The summed E-state index contributed by atoms with van der Waals surface area (Å²) >= 11 is 44.0. The van der Waals surface area contributed by atoms with E-state index in [2.05, 4.69) is 0 Å². The van der Waals surface area contributed by atoms with Crippen molar-refractivity contribution in [3.05, 3.63) is 0 Å². The molecule has 0 aromatic carbocycles. The summed E-state index contributed by atoms with van der Waals surface area (Å²) in [6.07, 6.45) is -3.41. The Morgan fingerprint density at radius 3 is 1.08 bits per heavy atom. The van der Waals surface area contributed by atoms with Crippen LogP contribution in [0, 0.1) is 0 Å². The highest BCUT2D eigenvalue weighted by Gasteiger charge is 2.59. The number of rotatable bonds is 3. The summed E-state index contributed by atoms with van der Waals surface area (Å²) in [6, 6.07) is 0. The highest BCUT2D eigenvalue weighted by Crippen LogP contribution is 2.41. The third-order valence-electron chi connectivity index (χ3n) is 0.574. The zero-order valence-corrected chi connectivity index (χ0v) is 14.0. The zero-order valence-electron chi connectivity index (χ0n) is 4.93. The maximum atomic E-state index is 5.63. The van der Waals surface area contributed by atoms with Crippen LogP contribution in [0.4, 0.5) is 0 Å². The van der Waals surface area contributed by atoms with Gasteiger partial charge >= 0.3 is 18.2 Å². The molecule has 0 radical (unpaired) electrons. The molecule has 0 saturated carbocycles. The summed E-state index contributed by atoms with van der Waals surface area (Å²) in [4.78, 5) is 0. The molecule has 0 amide bonds. The van der Waals surface area contributed by atoms with Crippen molar-refractivity contribution in [3.63, 3.8) is 0 Å². The minimum absolute atomic E-state index is 3.35. The van der Waals surface area contributed by atoms with E-state index in [1.807, 2.05) is 0 Å². The number of hydrogen-bond donors (Lipinski definition) is 0. The molecule has 0 spiro atoms. The molecule has 0 atom stereocenters. The lowest BCUT2D eigenvalue weighted by atomic mass is 15.8. The van der Waals surface area contributed by atoms with Gasteiger partial charge in [0.15, 0.2) is 0 Å². The largest absolute Gasteiger partial charge is 0.485 e. The molecule has 0 N–H and O–H groups in total. The van der Waals surface area contributed by atoms with Crippen molar-refractivity contribution in [2.24, 2.45) is 0 Å². The van der Waals surface area contributed by atoms with Gasteiger partial charge in [0.25, 0.3) is 0 Å². The van der Waals surface area contributed by atoms with Crippen LogP contribution < -0.4 is 0 Å². The number of halogens is 8. The summed E-state index contributed by atoms with van der Waals surface area (Å²) in [5.41, 5.74) is -3.35. The smallest absolute Gasteiger partial charge is 0.399 e. The molecule has 1 nitrogen and oxygen atoms in total. The molecule has 12 heteroatoms. The average molecular weight is 384 g/mol. The Morgan fingerprint density at radius 1 is 0.667 bits per heavy atom. The van der Waals surface area contributed by atoms with Crippen LogP contribution in [0.15, 0.2) is 0 Å². The van der Waals surface area contributed by atoms with Crippen molar-refractivity contribution in [2.45, 2.75) is 0 Å². The Balaban J connectivity index is 4.44. The van der Waals surface area contributed by atoms with Gasteiger partial charge in [-0.2, -0.15) is 0 Å². The summed E-state index contributed by atoms with van der Waals surface area (Å²) in [5, 5.41) is 0. The maximum Gasteiger partial charge on any atom is 0.485 e. The van der Waals surface area contributed by atoms with Crippen LogP contribution in [0.1, 0.15) is 0 Å². The second kappa shape index (κ2) is 4.84. The fourth-order valence-corrected chi connectivity index (χ4v) is 16.5. The molecule has 74 valence electrons. The van der Waals surface area contributed by atoms with Gasteiger partial charge in [0, 0.05) is 0 Å². The molecule has 0 aliphatic carbocycles. The Labute approximate surface area is 110 Å². The predicted octanol–water partition coefficient (Wildman–Crippen LogP) is 4.31. The molecule has 0 aromatic heterocycles. The third-order valence-corrected chi connectivity index (χ3v) is 27.1. The van der Waals surface area contributed by atoms with Gasteiger partial charge < -0.3 is 4.12 Å². The topological polar surface area (TPSA) is 9.23 Å². The molecule has 0 bridgehead atoms. The van der Waals surface area contributed by atoms with E-state index in [9.17, 15) is 0 Å². The second-order valence-electron chi connectivity index (χ2n) is 1.56. The van der Waals surface area contributed by atoms with Gasteiger partial charge in [-0.05, 0) is 0 Å². The van der Waals surface area contributed by atoms with Crippen LogP contribution in [0.3, 0.4) is 0 Å². The van der Waals surface area contributed by atoms with Gasteiger partial charge in [0.05, 0.1) is 0 Å². The van der Waals surface area contributed by atoms with Crippen LogP contribution in [-0.4, -0.2) is 18.2 Å². The molecule has 0 rings (SSSR count). The van der Waals surface area contributed by atoms with Gasteiger partial charge in [0.2, 0.25) is 0 Å². The molecular formula is Cl8OSi3. The third kappa shape index (κ3) is 5.72. The minimum Gasteiger partial charge on any atom is -0.399 e. The van der Waals surface area contributed by atoms with E-state index < -0.39 is 18.2 Å². The number of hydrogen-bond acceptors (Lipinski definition) is 1. The van der Waals surface area contributed by atoms with Gasteiger partial charge in [-0.1, -0.05) is 33.2 Å². The standard InChI is InChI=1S/Cl8OSi3/c1-10(2,3)9-12(7,8)11(4,5)6. The van der Waals surface area contributed by atoms with E-state index in [0.29, 0.717) is 0 Å². The highest BCUT2D eigenvalue weighted by atomic mass is 35.9. The quantitative estimate of drug-likeness (QED) is 0.521. The van der Waals surface area contributed by atoms with Gasteiger partial charge in [-0.15, -0.1) is 55.4 Å². The van der Waals surface area contributed by atoms with E-state index in [-0.39, 0.29) is 0 Å². The predicted molar refractivity (Wildman–Crippen MR) is 65.2 cm³/mol. The molecule has 0 saturated heterocycles. The summed E-state index contributed by atoms with van der Waals surface area (Å²) in [7, 11) is 0. The molecule has 0 fully saturated rings. The first-order valence-electron chi connectivity index (χ1n) is 2.17. The normalized spacial score (nSPS) is 15.0. The average Bonchev–Trinajstić information content (AvgIpc) is 1.52. The van der Waals surface area contributed by atoms with Crippen molar-refractivity contribution >= 4 is 107 Å². The van der Waals surface area contributed by atoms with Gasteiger partial charge in [0.1, 0.15) is 0 Å². The van der Waals surface area contributed by atoms with E-state index in [0.717, 1.165) is 0 Å². The van der Waals surface area contributed by atoms with E-state index in [1.54, 1.807) is 0 Å². The van der Waals surface area contributed by atoms with Crippen LogP contribution in [-0.2, 0) is 4.12 Å². The van der Waals surface area contributed by atoms with Crippen LogP contribution in [0.5, 0.6) is 0 Å². The summed E-state index contributed by atoms with van der Waals surface area (Å²) in [6.45, 7) is -3.49. The van der Waals surface area contributed by atoms with E-state index in [4.69, 9.17) is 92.7 Å². The van der Waals surface area contributed by atoms with Crippen LogP contribution in [0.25, 0.3) is 0 Å². The fourth-order valence-electron chi connectivity index (χ4n) is 0.203. The molecular weight excluding hydrogens is 384 g/mol. The maximum absolute atomic E-state index is 5.63. The molecule has 0 aromatic rings. The molecule has 0 aliphatic rings. The van der Waals surface area contributed by atoms with Gasteiger partial charge in [-0.3, -0.25) is 0 Å². The summed E-state index contributed by atoms with van der Waals surface area (Å²) < 4.78 is 4.76. The zero-order chi connectivity index (χ0) is 10.2. The molecule has 12 heavy (non-hydrogen) atoms. The fraction of sp³-hybridized carbons (Fsp3) is 0. The Hall–Kier alpha value is 2.93. The van der Waals surface area contributed by atoms with Crippen molar-refractivity contribution in [2.75, 3.05) is 0 Å². The molecule has 0 unspecified atom stereocenters. The molecule has 0 aliphatic heterocycles. The Bertz CT molecular complexity index is 153. The van der Waals surface area contributed by atoms with Crippen molar-refractivity contribution in [1.29, 1.82) is 0 Å². The lowest BCUT2D eigenvalue weighted by Crippen LogP contribution is -2.49. The Kier molecular flexibility index (Phi) is 6.03. The first-order chi connectivity index (χ1) is 4.96. The van der Waals surface area contributed by atoms with E-state index in [1.165, 1.54) is 0 Å². The minimum atomic E-state index is -3.49. The van der Waals surface area contributed by atoms with Crippen LogP contribution >= 0.6 is 88.6 Å². The molecule has 0 heterocycles. The second-order valence-corrected chi connectivity index (χ2v) is 31.6. The van der Waals surface area contributed by atoms with Gasteiger partial charge in [-0.25, -0.2) is 0 Å². The first kappa shape index (κ1) is 14.9.